The number of nitrogens with zero attached hydrogens (tertiary/aromatic N) is 2. The Hall–Kier alpha value is -6.43. The largest absolute Gasteiger partial charge is 0.456 e. The minimum absolute atomic E-state index is 0.0509. The highest BCUT2D eigenvalue weighted by Gasteiger charge is 2.43. The fourth-order valence-electron chi connectivity index (χ4n) is 10.3. The Morgan fingerprint density at radius 3 is 2.05 bits per heavy atom. The zero-order chi connectivity index (χ0) is 41.0. The van der Waals surface area contributed by atoms with E-state index in [9.17, 15) is 0 Å². The zero-order valence-electron chi connectivity index (χ0n) is 35.0. The van der Waals surface area contributed by atoms with Crippen LogP contribution in [0.5, 0.6) is 0 Å². The normalized spacial score (nSPS) is 13.3. The fourth-order valence-corrected chi connectivity index (χ4v) is 11.5. The number of unbranched alkanes of at least 4 members (excludes halogenated alkanes) is 1. The highest BCUT2D eigenvalue weighted by Crippen LogP contribution is 2.48. The molecule has 5 heteroatoms. The maximum absolute atomic E-state index is 6.59. The molecule has 2 aliphatic heterocycles. The summed E-state index contributed by atoms with van der Waals surface area (Å²) in [5, 5.41) is 4.95. The molecule has 0 bridgehead atoms. The Balaban J connectivity index is 1.20. The van der Waals surface area contributed by atoms with Crippen molar-refractivity contribution in [2.75, 3.05) is 4.90 Å². The second-order valence-electron chi connectivity index (χ2n) is 17.9. The molecule has 0 amide bonds. The molecule has 0 N–H and O–H groups in total. The van der Waals surface area contributed by atoms with Crippen molar-refractivity contribution in [3.05, 3.63) is 175 Å². The summed E-state index contributed by atoms with van der Waals surface area (Å²) >= 11 is 1.94. The van der Waals surface area contributed by atoms with Crippen molar-refractivity contribution in [1.29, 1.82) is 0 Å². The summed E-state index contributed by atoms with van der Waals surface area (Å²) in [6, 6.07) is 61.2. The number of furan rings is 1. The first-order valence-corrected chi connectivity index (χ1v) is 22.6. The summed E-state index contributed by atoms with van der Waals surface area (Å²) in [6.45, 7) is 9.40. The molecule has 0 radical (unpaired) electrons. The molecule has 0 saturated carbocycles. The van der Waals surface area contributed by atoms with Crippen LogP contribution < -0.4 is 21.3 Å². The molecule has 2 aromatic heterocycles. The van der Waals surface area contributed by atoms with Crippen LogP contribution in [-0.2, 0) is 11.8 Å². The van der Waals surface area contributed by atoms with Crippen LogP contribution in [0.15, 0.2) is 178 Å². The average molecular weight is 805 g/mol. The van der Waals surface area contributed by atoms with Gasteiger partial charge in [0.15, 0.2) is 0 Å². The van der Waals surface area contributed by atoms with E-state index in [1.165, 1.54) is 98.1 Å². The Morgan fingerprint density at radius 2 is 1.30 bits per heavy atom. The number of aryl methyl sites for hydroxylation is 1. The van der Waals surface area contributed by atoms with Crippen LogP contribution in [-0.4, -0.2) is 11.3 Å². The van der Waals surface area contributed by atoms with Gasteiger partial charge in [0.2, 0.25) is 6.71 Å². The average Bonchev–Trinajstić information content (AvgIpc) is 3.84. The van der Waals surface area contributed by atoms with Crippen LogP contribution in [0, 0.1) is 0 Å². The Kier molecular flexibility index (Phi) is 8.24. The van der Waals surface area contributed by atoms with Crippen molar-refractivity contribution < 1.29 is 4.42 Å². The van der Waals surface area contributed by atoms with Gasteiger partial charge in [-0.05, 0) is 112 Å². The highest BCUT2D eigenvalue weighted by molar-refractivity contribution is 8.00. The van der Waals surface area contributed by atoms with E-state index in [1.54, 1.807) is 0 Å². The summed E-state index contributed by atoms with van der Waals surface area (Å²) in [6.07, 6.45) is 3.14. The molecule has 12 rings (SSSR count). The van der Waals surface area contributed by atoms with Crippen molar-refractivity contribution in [3.63, 3.8) is 0 Å². The van der Waals surface area contributed by atoms with Gasteiger partial charge in [-0.25, -0.2) is 0 Å². The van der Waals surface area contributed by atoms with E-state index in [0.29, 0.717) is 0 Å². The van der Waals surface area contributed by atoms with Crippen molar-refractivity contribution in [2.45, 2.75) is 62.2 Å². The van der Waals surface area contributed by atoms with E-state index in [4.69, 9.17) is 4.42 Å². The molecule has 4 heterocycles. The maximum atomic E-state index is 6.59. The molecule has 0 atom stereocenters. The predicted octanol–water partition coefficient (Wildman–Crippen LogP) is 13.8. The van der Waals surface area contributed by atoms with E-state index in [-0.39, 0.29) is 12.1 Å². The predicted molar refractivity (Wildman–Crippen MR) is 261 cm³/mol. The van der Waals surface area contributed by atoms with E-state index < -0.39 is 0 Å². The smallest absolute Gasteiger partial charge is 0.249 e. The van der Waals surface area contributed by atoms with Gasteiger partial charge >= 0.3 is 0 Å². The van der Waals surface area contributed by atoms with Gasteiger partial charge in [-0.15, -0.1) is 0 Å². The number of para-hydroxylation sites is 3. The standard InChI is InChI=1S/C56H45BN2OS/c1-5-6-18-41-47(28-29-51-54(41)42-21-12-15-24-50(42)60-51)59-48-34-38(58-45-22-13-10-19-39(45)40-20-11-14-23-46(40)58)26-27-43(48)57-44-31-36(35-16-8-7-9-17-35)25-30-52(44)61-53-33-37(56(2,3)4)32-49(59)55(53)57/h7-17,19-34H,5-6,18H2,1-4H3. The molecule has 61 heavy (non-hydrogen) atoms. The van der Waals surface area contributed by atoms with E-state index >= 15 is 0 Å². The lowest BCUT2D eigenvalue weighted by atomic mass is 9.34. The first kappa shape index (κ1) is 36.4. The molecular formula is C56H45BN2OS. The number of aromatic nitrogens is 1. The second kappa shape index (κ2) is 13.8. The van der Waals surface area contributed by atoms with Crippen LogP contribution in [0.25, 0.3) is 60.6 Å². The number of rotatable bonds is 6. The molecule has 2 aliphatic rings. The van der Waals surface area contributed by atoms with Gasteiger partial charge in [0.25, 0.3) is 0 Å². The second-order valence-corrected chi connectivity index (χ2v) is 19.0. The van der Waals surface area contributed by atoms with Crippen molar-refractivity contribution in [3.8, 4) is 16.8 Å². The summed E-state index contributed by atoms with van der Waals surface area (Å²) in [5.41, 5.74) is 18.4. The summed E-state index contributed by atoms with van der Waals surface area (Å²) in [5.74, 6) is 0. The van der Waals surface area contributed by atoms with Crippen LogP contribution in [0.2, 0.25) is 0 Å². The first-order chi connectivity index (χ1) is 29.9. The van der Waals surface area contributed by atoms with Crippen molar-refractivity contribution in [2.24, 2.45) is 0 Å². The monoisotopic (exact) mass is 804 g/mol. The summed E-state index contributed by atoms with van der Waals surface area (Å²) < 4.78 is 9.06. The number of hydrogen-bond donors (Lipinski definition) is 0. The molecule has 10 aromatic rings. The molecule has 0 spiro atoms. The molecule has 294 valence electrons. The molecule has 0 saturated heterocycles. The topological polar surface area (TPSA) is 21.3 Å². The Labute approximate surface area is 361 Å². The van der Waals surface area contributed by atoms with Crippen LogP contribution in [0.3, 0.4) is 0 Å². The summed E-state index contributed by atoms with van der Waals surface area (Å²) in [4.78, 5) is 5.32. The lowest BCUT2D eigenvalue weighted by Gasteiger charge is -2.42. The number of benzene rings is 8. The third-order valence-corrected chi connectivity index (χ3v) is 14.4. The zero-order valence-corrected chi connectivity index (χ0v) is 35.8. The van der Waals surface area contributed by atoms with Crippen LogP contribution in [0.4, 0.5) is 17.1 Å². The third-order valence-electron chi connectivity index (χ3n) is 13.2. The van der Waals surface area contributed by atoms with Crippen LogP contribution in [0.1, 0.15) is 51.7 Å². The van der Waals surface area contributed by atoms with Gasteiger partial charge in [0.05, 0.1) is 16.7 Å². The van der Waals surface area contributed by atoms with Gasteiger partial charge in [0.1, 0.15) is 11.2 Å². The van der Waals surface area contributed by atoms with Gasteiger partial charge in [-0.2, -0.15) is 0 Å². The fraction of sp³-hybridized carbons (Fsp3) is 0.143. The lowest BCUT2D eigenvalue weighted by Crippen LogP contribution is -2.60. The Bertz CT molecular complexity index is 3340. The number of anilines is 3. The van der Waals surface area contributed by atoms with E-state index in [1.807, 2.05) is 11.8 Å². The minimum atomic E-state index is -0.0639. The van der Waals surface area contributed by atoms with Gasteiger partial charge in [0, 0.05) is 48.4 Å². The van der Waals surface area contributed by atoms with Gasteiger partial charge in [-0.3, -0.25) is 0 Å². The lowest BCUT2D eigenvalue weighted by molar-refractivity contribution is 0.589. The van der Waals surface area contributed by atoms with Crippen LogP contribution >= 0.6 is 11.8 Å². The first-order valence-electron chi connectivity index (χ1n) is 21.8. The maximum Gasteiger partial charge on any atom is 0.249 e. The third kappa shape index (κ3) is 5.60. The van der Waals surface area contributed by atoms with Gasteiger partial charge in [-0.1, -0.05) is 154 Å². The Morgan fingerprint density at radius 1 is 0.574 bits per heavy atom. The van der Waals surface area contributed by atoms with Crippen molar-refractivity contribution >= 4 is 95.7 Å². The van der Waals surface area contributed by atoms with E-state index in [2.05, 4.69) is 201 Å². The number of fused-ring (bicyclic) bond motifs is 10. The molecule has 0 unspecified atom stereocenters. The number of hydrogen-bond acceptors (Lipinski definition) is 3. The quantitative estimate of drug-likeness (QED) is 0.156. The molecule has 0 fully saturated rings. The molecule has 3 nitrogen and oxygen atoms in total. The molecular weight excluding hydrogens is 760 g/mol. The van der Waals surface area contributed by atoms with Crippen molar-refractivity contribution in [1.82, 2.24) is 4.57 Å². The minimum Gasteiger partial charge on any atom is -0.456 e. The SMILES string of the molecule is CCCCc1c(N2c3cc(-n4c5ccccc5c5ccccc54)ccc3B3c4cc(-c5ccccc5)ccc4Sc4cc(C(C)(C)C)cc2c43)ccc2oc3ccccc3c12. The van der Waals surface area contributed by atoms with Gasteiger partial charge < -0.3 is 13.9 Å². The highest BCUT2D eigenvalue weighted by atomic mass is 32.2. The molecule has 0 aliphatic carbocycles. The summed E-state index contributed by atoms with van der Waals surface area (Å²) in [7, 11) is 0. The molecule has 8 aromatic carbocycles. The van der Waals surface area contributed by atoms with E-state index in [0.717, 1.165) is 36.1 Å².